The molecule has 0 bridgehead atoms. The zero-order chi connectivity index (χ0) is 13.9. The van der Waals surface area contributed by atoms with E-state index >= 15 is 0 Å². The minimum Gasteiger partial charge on any atom is -0.508 e. The molecule has 0 aromatic heterocycles. The highest BCUT2D eigenvalue weighted by molar-refractivity contribution is 5.51. The smallest absolute Gasteiger partial charge is 0.161 e. The predicted octanol–water partition coefficient (Wildman–Crippen LogP) is 3.34. The molecule has 0 spiro atoms. The van der Waals surface area contributed by atoms with E-state index in [1.165, 1.54) is 0 Å². The molecule has 0 aliphatic carbocycles. The van der Waals surface area contributed by atoms with Crippen LogP contribution in [0, 0.1) is 0 Å². The van der Waals surface area contributed by atoms with Crippen LogP contribution in [0.4, 0.5) is 5.69 Å². The van der Waals surface area contributed by atoms with Crippen molar-refractivity contribution < 1.29 is 14.6 Å². The van der Waals surface area contributed by atoms with E-state index in [9.17, 15) is 5.11 Å². The van der Waals surface area contributed by atoms with Gasteiger partial charge >= 0.3 is 0 Å². The molecule has 2 N–H and O–H groups in total. The van der Waals surface area contributed by atoms with Crippen molar-refractivity contribution in [3.05, 3.63) is 48.0 Å². The molecule has 0 saturated carbocycles. The normalized spacial score (nSPS) is 14.7. The summed E-state index contributed by atoms with van der Waals surface area (Å²) in [7, 11) is 0. The molecule has 2 aromatic carbocycles. The Labute approximate surface area is 118 Å². The van der Waals surface area contributed by atoms with Gasteiger partial charge in [0.05, 0.1) is 0 Å². The van der Waals surface area contributed by atoms with Crippen molar-refractivity contribution in [3.63, 3.8) is 0 Å². The zero-order valence-corrected chi connectivity index (χ0v) is 11.3. The van der Waals surface area contributed by atoms with Crippen molar-refractivity contribution in [2.75, 3.05) is 18.5 Å². The summed E-state index contributed by atoms with van der Waals surface area (Å²) in [6.07, 6.45) is 0. The van der Waals surface area contributed by atoms with Crippen molar-refractivity contribution in [1.29, 1.82) is 0 Å². The van der Waals surface area contributed by atoms with Gasteiger partial charge in [0.1, 0.15) is 19.0 Å². The molecule has 20 heavy (non-hydrogen) atoms. The van der Waals surface area contributed by atoms with Gasteiger partial charge in [-0.25, -0.2) is 0 Å². The minimum absolute atomic E-state index is 0.104. The third-order valence-corrected chi connectivity index (χ3v) is 3.30. The number of phenolic OH excluding ortho intramolecular Hbond substituents is 1. The Kier molecular flexibility index (Phi) is 3.37. The summed E-state index contributed by atoms with van der Waals surface area (Å²) < 4.78 is 11.1. The van der Waals surface area contributed by atoms with Crippen molar-refractivity contribution in [2.24, 2.45) is 0 Å². The first-order valence-electron chi connectivity index (χ1n) is 6.67. The second kappa shape index (κ2) is 5.33. The van der Waals surface area contributed by atoms with Crippen LogP contribution in [0.25, 0.3) is 0 Å². The number of hydrogen-bond acceptors (Lipinski definition) is 4. The number of aromatic hydroxyl groups is 1. The second-order valence-electron chi connectivity index (χ2n) is 4.82. The summed E-state index contributed by atoms with van der Waals surface area (Å²) in [5.41, 5.74) is 1.99. The maximum atomic E-state index is 9.48. The quantitative estimate of drug-likeness (QED) is 0.899. The number of anilines is 1. The van der Waals surface area contributed by atoms with Crippen molar-refractivity contribution in [2.45, 2.75) is 13.0 Å². The number of nitrogens with one attached hydrogen (secondary N) is 1. The number of ether oxygens (including phenoxy) is 2. The molecule has 0 radical (unpaired) electrons. The number of hydrogen-bond donors (Lipinski definition) is 2. The Hall–Kier alpha value is -2.36. The van der Waals surface area contributed by atoms with E-state index in [1.807, 2.05) is 30.3 Å². The van der Waals surface area contributed by atoms with E-state index in [2.05, 4.69) is 12.2 Å². The van der Waals surface area contributed by atoms with Gasteiger partial charge in [-0.1, -0.05) is 12.1 Å². The summed E-state index contributed by atoms with van der Waals surface area (Å²) >= 11 is 0. The minimum atomic E-state index is 0.104. The van der Waals surface area contributed by atoms with E-state index < -0.39 is 0 Å². The molecule has 1 heterocycles. The molecule has 0 fully saturated rings. The summed E-state index contributed by atoms with van der Waals surface area (Å²) in [6, 6.07) is 13.2. The first-order chi connectivity index (χ1) is 9.72. The van der Waals surface area contributed by atoms with E-state index in [0.29, 0.717) is 13.2 Å². The summed E-state index contributed by atoms with van der Waals surface area (Å²) in [4.78, 5) is 0. The highest BCUT2D eigenvalue weighted by atomic mass is 16.6. The van der Waals surface area contributed by atoms with Crippen LogP contribution in [0.2, 0.25) is 0 Å². The second-order valence-corrected chi connectivity index (χ2v) is 4.82. The molecule has 4 heteroatoms. The van der Waals surface area contributed by atoms with Gasteiger partial charge in [0, 0.05) is 17.8 Å². The largest absolute Gasteiger partial charge is 0.508 e. The van der Waals surface area contributed by atoms with Crippen molar-refractivity contribution in [3.8, 4) is 17.2 Å². The molecule has 1 atom stereocenters. The van der Waals surface area contributed by atoms with Gasteiger partial charge < -0.3 is 19.9 Å². The third-order valence-electron chi connectivity index (χ3n) is 3.30. The molecule has 3 rings (SSSR count). The molecular formula is C16H17NO3. The fourth-order valence-corrected chi connectivity index (χ4v) is 2.26. The number of benzene rings is 2. The molecule has 2 aromatic rings. The highest BCUT2D eigenvalue weighted by Gasteiger charge is 2.14. The number of rotatable bonds is 3. The first kappa shape index (κ1) is 12.7. The Balaban J connectivity index is 1.78. The van der Waals surface area contributed by atoms with Gasteiger partial charge in [-0.2, -0.15) is 0 Å². The van der Waals surface area contributed by atoms with Gasteiger partial charge in [0.25, 0.3) is 0 Å². The fourth-order valence-electron chi connectivity index (χ4n) is 2.26. The average Bonchev–Trinajstić information content (AvgIpc) is 2.47. The third kappa shape index (κ3) is 2.64. The Bertz CT molecular complexity index is 612. The van der Waals surface area contributed by atoms with Crippen LogP contribution in [-0.2, 0) is 0 Å². The Morgan fingerprint density at radius 3 is 2.65 bits per heavy atom. The molecule has 1 aliphatic heterocycles. The van der Waals surface area contributed by atoms with E-state index in [1.54, 1.807) is 12.1 Å². The lowest BCUT2D eigenvalue weighted by Crippen LogP contribution is -2.16. The van der Waals surface area contributed by atoms with Crippen LogP contribution < -0.4 is 14.8 Å². The van der Waals surface area contributed by atoms with Crippen LogP contribution >= 0.6 is 0 Å². The van der Waals surface area contributed by atoms with Crippen LogP contribution in [-0.4, -0.2) is 18.3 Å². The number of fused-ring (bicyclic) bond motifs is 1. The molecular weight excluding hydrogens is 254 g/mol. The summed E-state index contributed by atoms with van der Waals surface area (Å²) in [5, 5.41) is 12.8. The maximum Gasteiger partial charge on any atom is 0.161 e. The lowest BCUT2D eigenvalue weighted by atomic mass is 10.1. The topological polar surface area (TPSA) is 50.7 Å². The average molecular weight is 271 g/mol. The fraction of sp³-hybridized carbons (Fsp3) is 0.250. The maximum absolute atomic E-state index is 9.48. The van der Waals surface area contributed by atoms with E-state index in [0.717, 1.165) is 22.7 Å². The molecule has 0 amide bonds. The lowest BCUT2D eigenvalue weighted by molar-refractivity contribution is 0.171. The Morgan fingerprint density at radius 1 is 1.05 bits per heavy atom. The molecule has 104 valence electrons. The molecule has 4 nitrogen and oxygen atoms in total. The molecule has 1 aliphatic rings. The Morgan fingerprint density at radius 2 is 1.85 bits per heavy atom. The van der Waals surface area contributed by atoms with Crippen LogP contribution in [0.3, 0.4) is 0 Å². The van der Waals surface area contributed by atoms with Crippen LogP contribution in [0.5, 0.6) is 17.2 Å². The van der Waals surface area contributed by atoms with Gasteiger partial charge in [0.2, 0.25) is 0 Å². The monoisotopic (exact) mass is 271 g/mol. The van der Waals surface area contributed by atoms with E-state index in [-0.39, 0.29) is 11.8 Å². The van der Waals surface area contributed by atoms with Crippen LogP contribution in [0.1, 0.15) is 18.5 Å². The SMILES string of the molecule is CC(Nc1cccc(O)c1)c1ccc2c(c1)OCCO2. The highest BCUT2D eigenvalue weighted by Crippen LogP contribution is 2.33. The van der Waals surface area contributed by atoms with Crippen molar-refractivity contribution >= 4 is 5.69 Å². The first-order valence-corrected chi connectivity index (χ1v) is 6.67. The van der Waals surface area contributed by atoms with Gasteiger partial charge in [0.15, 0.2) is 11.5 Å². The van der Waals surface area contributed by atoms with Crippen molar-refractivity contribution in [1.82, 2.24) is 0 Å². The molecule has 0 saturated heterocycles. The van der Waals surface area contributed by atoms with E-state index in [4.69, 9.17) is 9.47 Å². The summed E-state index contributed by atoms with van der Waals surface area (Å²) in [6.45, 7) is 3.25. The predicted molar refractivity (Wildman–Crippen MR) is 77.6 cm³/mol. The van der Waals surface area contributed by atoms with Gasteiger partial charge in [-0.15, -0.1) is 0 Å². The lowest BCUT2D eigenvalue weighted by Gasteiger charge is -2.21. The standard InChI is InChI=1S/C16H17NO3/c1-11(17-13-3-2-4-14(18)10-13)12-5-6-15-16(9-12)20-8-7-19-15/h2-6,9-11,17-18H,7-8H2,1H3. The van der Waals surface area contributed by atoms with Crippen LogP contribution in [0.15, 0.2) is 42.5 Å². The number of phenols is 1. The van der Waals surface area contributed by atoms with Gasteiger partial charge in [-0.3, -0.25) is 0 Å². The van der Waals surface area contributed by atoms with Gasteiger partial charge in [-0.05, 0) is 36.8 Å². The zero-order valence-electron chi connectivity index (χ0n) is 11.3. The molecule has 1 unspecified atom stereocenters. The summed E-state index contributed by atoms with van der Waals surface area (Å²) in [5.74, 6) is 1.84.